The third-order valence-corrected chi connectivity index (χ3v) is 2.03. The maximum absolute atomic E-state index is 5.55. The minimum absolute atomic E-state index is 0.279. The zero-order valence-corrected chi connectivity index (χ0v) is 6.86. The topological polar surface area (TPSA) is 83.5 Å². The molecule has 1 saturated heterocycles. The molecule has 66 valence electrons. The molecular weight excluding hydrogens is 168 g/mol. The Morgan fingerprint density at radius 3 is 3.00 bits per heavy atom. The number of nitrogens with one attached hydrogen (secondary N) is 1. The van der Waals surface area contributed by atoms with Gasteiger partial charge in [-0.15, -0.1) is 0 Å². The smallest absolute Gasteiger partial charge is 0.224 e. The summed E-state index contributed by atoms with van der Waals surface area (Å²) < 4.78 is 0. The van der Waals surface area contributed by atoms with Crippen LogP contribution in [0.3, 0.4) is 0 Å². The van der Waals surface area contributed by atoms with Crippen molar-refractivity contribution in [3.63, 3.8) is 0 Å². The lowest BCUT2D eigenvalue weighted by Crippen LogP contribution is -2.02. The van der Waals surface area contributed by atoms with Crippen LogP contribution in [0.25, 0.3) is 11.2 Å². The molecule has 13 heavy (non-hydrogen) atoms. The number of nitrogens with zero attached hydrogens (tertiary/aromatic N) is 4. The number of H-pyrrole nitrogens is 1. The molecule has 3 heterocycles. The van der Waals surface area contributed by atoms with E-state index in [9.17, 15) is 0 Å². The van der Waals surface area contributed by atoms with Crippen molar-refractivity contribution >= 4 is 22.9 Å². The second-order valence-corrected chi connectivity index (χ2v) is 2.99. The molecule has 6 heteroatoms. The number of fused-ring (bicyclic) bond motifs is 1. The van der Waals surface area contributed by atoms with Crippen LogP contribution in [0, 0.1) is 0 Å². The first kappa shape index (κ1) is 6.64. The highest BCUT2D eigenvalue weighted by Gasteiger charge is 2.23. The van der Waals surface area contributed by atoms with E-state index in [0.717, 1.165) is 24.4 Å². The number of imidazole rings is 1. The van der Waals surface area contributed by atoms with Crippen LogP contribution in [0.1, 0.15) is 0 Å². The van der Waals surface area contributed by atoms with Gasteiger partial charge in [-0.2, -0.15) is 9.97 Å². The zero-order chi connectivity index (χ0) is 8.84. The maximum Gasteiger partial charge on any atom is 0.224 e. The fourth-order valence-electron chi connectivity index (χ4n) is 1.32. The molecule has 0 unspecified atom stereocenters. The van der Waals surface area contributed by atoms with Gasteiger partial charge in [-0.25, -0.2) is 4.98 Å². The van der Waals surface area contributed by atoms with E-state index in [1.165, 1.54) is 0 Å². The van der Waals surface area contributed by atoms with Crippen molar-refractivity contribution < 1.29 is 0 Å². The van der Waals surface area contributed by atoms with Gasteiger partial charge in [0.25, 0.3) is 0 Å². The van der Waals surface area contributed by atoms with E-state index in [2.05, 4.69) is 24.8 Å². The van der Waals surface area contributed by atoms with Crippen molar-refractivity contribution in [2.45, 2.75) is 0 Å². The molecule has 0 amide bonds. The largest absolute Gasteiger partial charge is 0.368 e. The summed E-state index contributed by atoms with van der Waals surface area (Å²) in [4.78, 5) is 17.3. The SMILES string of the molecule is Nc1nc(N2CC2)c2[nH]cnc2n1. The van der Waals surface area contributed by atoms with Crippen molar-refractivity contribution in [1.82, 2.24) is 19.9 Å². The molecule has 0 atom stereocenters. The molecule has 0 aliphatic carbocycles. The molecule has 1 fully saturated rings. The lowest BCUT2D eigenvalue weighted by Gasteiger charge is -2.02. The number of nitrogens with two attached hydrogens (primary N) is 1. The number of aromatic amines is 1. The highest BCUT2D eigenvalue weighted by Crippen LogP contribution is 2.25. The van der Waals surface area contributed by atoms with E-state index in [4.69, 9.17) is 5.73 Å². The molecule has 6 nitrogen and oxygen atoms in total. The minimum Gasteiger partial charge on any atom is -0.368 e. The first-order chi connectivity index (χ1) is 6.34. The van der Waals surface area contributed by atoms with Crippen molar-refractivity contribution in [2.75, 3.05) is 23.7 Å². The highest BCUT2D eigenvalue weighted by atomic mass is 15.3. The second kappa shape index (κ2) is 2.09. The number of nitrogen functional groups attached to an aromatic ring is 1. The van der Waals surface area contributed by atoms with Crippen LogP contribution in [-0.4, -0.2) is 33.0 Å². The average Bonchev–Trinajstić information content (AvgIpc) is 2.84. The maximum atomic E-state index is 5.55. The Balaban J connectivity index is 2.33. The summed E-state index contributed by atoms with van der Waals surface area (Å²) in [5, 5.41) is 0. The molecule has 0 aromatic carbocycles. The van der Waals surface area contributed by atoms with Gasteiger partial charge in [0.05, 0.1) is 6.33 Å². The first-order valence-corrected chi connectivity index (χ1v) is 4.06. The third-order valence-electron chi connectivity index (χ3n) is 2.03. The van der Waals surface area contributed by atoms with Gasteiger partial charge in [-0.05, 0) is 0 Å². The minimum atomic E-state index is 0.279. The molecule has 0 radical (unpaired) electrons. The van der Waals surface area contributed by atoms with Crippen molar-refractivity contribution in [1.29, 1.82) is 0 Å². The molecule has 1 aliphatic heterocycles. The van der Waals surface area contributed by atoms with Crippen LogP contribution >= 0.6 is 0 Å². The fraction of sp³-hybridized carbons (Fsp3) is 0.286. The Bertz CT molecular complexity index is 457. The first-order valence-electron chi connectivity index (χ1n) is 4.06. The lowest BCUT2D eigenvalue weighted by molar-refractivity contribution is 1.18. The van der Waals surface area contributed by atoms with Crippen LogP contribution < -0.4 is 10.6 Å². The molecule has 0 spiro atoms. The number of hydrogen-bond acceptors (Lipinski definition) is 5. The van der Waals surface area contributed by atoms with Crippen LogP contribution in [-0.2, 0) is 0 Å². The van der Waals surface area contributed by atoms with Gasteiger partial charge in [-0.3, -0.25) is 0 Å². The third kappa shape index (κ3) is 0.915. The van der Waals surface area contributed by atoms with Crippen LogP contribution in [0.15, 0.2) is 6.33 Å². The molecular formula is C7H8N6. The van der Waals surface area contributed by atoms with E-state index in [0.29, 0.717) is 5.65 Å². The van der Waals surface area contributed by atoms with Gasteiger partial charge in [0.15, 0.2) is 11.5 Å². The van der Waals surface area contributed by atoms with Gasteiger partial charge in [0, 0.05) is 13.1 Å². The Morgan fingerprint density at radius 2 is 2.23 bits per heavy atom. The highest BCUT2D eigenvalue weighted by molar-refractivity contribution is 5.85. The van der Waals surface area contributed by atoms with Crippen LogP contribution in [0.4, 0.5) is 11.8 Å². The van der Waals surface area contributed by atoms with E-state index in [1.54, 1.807) is 6.33 Å². The summed E-state index contributed by atoms with van der Waals surface area (Å²) in [7, 11) is 0. The number of rotatable bonds is 1. The van der Waals surface area contributed by atoms with E-state index in [-0.39, 0.29) is 5.95 Å². The van der Waals surface area contributed by atoms with Gasteiger partial charge >= 0.3 is 0 Å². The molecule has 0 bridgehead atoms. The Hall–Kier alpha value is -1.85. The lowest BCUT2D eigenvalue weighted by atomic mass is 10.5. The van der Waals surface area contributed by atoms with Crippen molar-refractivity contribution in [3.05, 3.63) is 6.33 Å². The molecule has 3 N–H and O–H groups in total. The standard InChI is InChI=1S/C7H8N6/c8-7-11-5-4(9-3-10-5)6(12-7)13-1-2-13/h3H,1-2H2,(H3,8,9,10,11,12). The van der Waals surface area contributed by atoms with Gasteiger partial charge < -0.3 is 15.6 Å². The van der Waals surface area contributed by atoms with Crippen molar-refractivity contribution in [2.24, 2.45) is 0 Å². The number of anilines is 2. The van der Waals surface area contributed by atoms with Crippen LogP contribution in [0.5, 0.6) is 0 Å². The Morgan fingerprint density at radius 1 is 1.38 bits per heavy atom. The monoisotopic (exact) mass is 176 g/mol. The molecule has 1 aliphatic rings. The quantitative estimate of drug-likeness (QED) is 0.585. The Kier molecular flexibility index (Phi) is 1.07. The molecule has 2 aromatic heterocycles. The van der Waals surface area contributed by atoms with Crippen molar-refractivity contribution in [3.8, 4) is 0 Å². The predicted octanol–water partition coefficient (Wildman–Crippen LogP) is -0.245. The second-order valence-electron chi connectivity index (χ2n) is 2.99. The van der Waals surface area contributed by atoms with E-state index < -0.39 is 0 Å². The van der Waals surface area contributed by atoms with Gasteiger partial charge in [0.2, 0.25) is 5.95 Å². The van der Waals surface area contributed by atoms with E-state index >= 15 is 0 Å². The fourth-order valence-corrected chi connectivity index (χ4v) is 1.32. The van der Waals surface area contributed by atoms with Gasteiger partial charge in [0.1, 0.15) is 5.52 Å². The summed E-state index contributed by atoms with van der Waals surface area (Å²) in [6, 6.07) is 0. The predicted molar refractivity (Wildman–Crippen MR) is 48.3 cm³/mol. The molecule has 0 saturated carbocycles. The summed E-state index contributed by atoms with van der Waals surface area (Å²) in [5.74, 6) is 1.14. The van der Waals surface area contributed by atoms with Gasteiger partial charge in [-0.1, -0.05) is 0 Å². The normalized spacial score (nSPS) is 15.2. The number of hydrogen-bond donors (Lipinski definition) is 2. The molecule has 2 aromatic rings. The molecule has 3 rings (SSSR count). The zero-order valence-electron chi connectivity index (χ0n) is 6.86. The van der Waals surface area contributed by atoms with E-state index in [1.807, 2.05) is 0 Å². The summed E-state index contributed by atoms with van der Waals surface area (Å²) in [6.45, 7) is 2.06. The Labute approximate surface area is 73.8 Å². The van der Waals surface area contributed by atoms with Crippen LogP contribution in [0.2, 0.25) is 0 Å². The number of aromatic nitrogens is 4. The average molecular weight is 176 g/mol. The summed E-state index contributed by atoms with van der Waals surface area (Å²) in [5.41, 5.74) is 7.05. The summed E-state index contributed by atoms with van der Waals surface area (Å²) in [6.07, 6.45) is 1.60. The summed E-state index contributed by atoms with van der Waals surface area (Å²) >= 11 is 0.